The molecule has 0 radical (unpaired) electrons. The number of nitrogen functional groups attached to an aromatic ring is 1. The van der Waals surface area contributed by atoms with Crippen molar-refractivity contribution in [1.82, 2.24) is 10.4 Å². The van der Waals surface area contributed by atoms with E-state index in [4.69, 9.17) is 10.3 Å². The van der Waals surface area contributed by atoms with Crippen LogP contribution in [0.15, 0.2) is 41.3 Å². The van der Waals surface area contributed by atoms with Crippen LogP contribution < -0.4 is 11.3 Å². The maximum atomic E-state index is 11.3. The number of nitrogens with zero attached hydrogens (tertiary/aromatic N) is 1. The third-order valence-corrected chi connectivity index (χ3v) is 1.98. The van der Waals surface area contributed by atoms with Crippen molar-refractivity contribution in [3.8, 4) is 11.1 Å². The molecule has 0 atom stereocenters. The van der Waals surface area contributed by atoms with Crippen LogP contribution in [0.25, 0.3) is 11.1 Å². The van der Waals surface area contributed by atoms with E-state index >= 15 is 0 Å². The van der Waals surface area contributed by atoms with E-state index in [1.165, 1.54) is 6.26 Å². The first-order valence-electron chi connectivity index (χ1n) is 4.32. The molecule has 0 fully saturated rings. The first kappa shape index (κ1) is 9.42. The van der Waals surface area contributed by atoms with Crippen LogP contribution in [0, 0.1) is 0 Å². The van der Waals surface area contributed by atoms with E-state index < -0.39 is 5.91 Å². The lowest BCUT2D eigenvalue weighted by atomic mass is 10.1. The highest BCUT2D eigenvalue weighted by Crippen LogP contribution is 2.23. The molecule has 0 aromatic carbocycles. The van der Waals surface area contributed by atoms with Crippen LogP contribution in [0.3, 0.4) is 0 Å². The van der Waals surface area contributed by atoms with Crippen LogP contribution in [0.4, 0.5) is 0 Å². The first-order valence-corrected chi connectivity index (χ1v) is 4.32. The van der Waals surface area contributed by atoms with Gasteiger partial charge in [0.25, 0.3) is 0 Å². The zero-order valence-corrected chi connectivity index (χ0v) is 7.81. The number of carbonyl (C=O) groups excluding carboxylic acids is 1. The topological polar surface area (TPSA) is 81.1 Å². The molecule has 15 heavy (non-hydrogen) atoms. The fourth-order valence-electron chi connectivity index (χ4n) is 1.30. The van der Waals surface area contributed by atoms with Gasteiger partial charge in [0, 0.05) is 23.5 Å². The second-order valence-electron chi connectivity index (χ2n) is 2.88. The predicted octanol–water partition coefficient (Wildman–Crippen LogP) is 0.945. The summed E-state index contributed by atoms with van der Waals surface area (Å²) in [7, 11) is 0. The van der Waals surface area contributed by atoms with Gasteiger partial charge in [0.05, 0.1) is 6.26 Å². The van der Waals surface area contributed by atoms with Gasteiger partial charge in [-0.05, 0) is 12.1 Å². The Hall–Kier alpha value is -2.14. The number of amides is 1. The molecule has 0 saturated heterocycles. The highest BCUT2D eigenvalue weighted by atomic mass is 16.3. The number of hydrogen-bond donors (Lipinski definition) is 2. The van der Waals surface area contributed by atoms with Crippen LogP contribution in [0.2, 0.25) is 0 Å². The van der Waals surface area contributed by atoms with Crippen LogP contribution >= 0.6 is 0 Å². The molecule has 1 amide bonds. The molecule has 76 valence electrons. The van der Waals surface area contributed by atoms with Gasteiger partial charge in [-0.2, -0.15) is 0 Å². The summed E-state index contributed by atoms with van der Waals surface area (Å²) in [6.07, 6.45) is 4.75. The summed E-state index contributed by atoms with van der Waals surface area (Å²) in [4.78, 5) is 15.3. The minimum Gasteiger partial charge on any atom is -0.458 e. The molecule has 3 N–H and O–H groups in total. The summed E-state index contributed by atoms with van der Waals surface area (Å²) in [5, 5.41) is 0. The van der Waals surface area contributed by atoms with Crippen LogP contribution in [-0.2, 0) is 0 Å². The van der Waals surface area contributed by atoms with Crippen molar-refractivity contribution in [2.75, 3.05) is 0 Å². The molecule has 2 rings (SSSR count). The fraction of sp³-hybridized carbons (Fsp3) is 0. The quantitative estimate of drug-likeness (QED) is 0.432. The number of hydrazine groups is 1. The summed E-state index contributed by atoms with van der Waals surface area (Å²) in [5.74, 6) is 4.76. The van der Waals surface area contributed by atoms with Crippen LogP contribution in [-0.4, -0.2) is 10.9 Å². The number of carbonyl (C=O) groups is 1. The second kappa shape index (κ2) is 3.93. The monoisotopic (exact) mass is 203 g/mol. The van der Waals surface area contributed by atoms with Gasteiger partial charge in [0.2, 0.25) is 0 Å². The molecule has 0 aliphatic heterocycles. The highest BCUT2D eigenvalue weighted by molar-refractivity contribution is 5.97. The van der Waals surface area contributed by atoms with E-state index in [2.05, 4.69) is 4.98 Å². The predicted molar refractivity (Wildman–Crippen MR) is 53.6 cm³/mol. The van der Waals surface area contributed by atoms with Crippen molar-refractivity contribution >= 4 is 5.91 Å². The third kappa shape index (κ3) is 1.72. The molecule has 5 heteroatoms. The largest absolute Gasteiger partial charge is 0.458 e. The molecular weight excluding hydrogens is 194 g/mol. The Labute approximate surface area is 85.9 Å². The molecular formula is C10H9N3O2. The summed E-state index contributed by atoms with van der Waals surface area (Å²) in [6.45, 7) is 0. The minimum absolute atomic E-state index is 0.186. The summed E-state index contributed by atoms with van der Waals surface area (Å²) in [6, 6.07) is 5.32. The lowest BCUT2D eigenvalue weighted by molar-refractivity contribution is 0.0927. The smallest absolute Gasteiger partial charge is 0.301 e. The number of hydrogen-bond acceptors (Lipinski definition) is 4. The number of rotatable bonds is 2. The Morgan fingerprint density at radius 3 is 3.00 bits per heavy atom. The average molecular weight is 203 g/mol. The van der Waals surface area contributed by atoms with Gasteiger partial charge in [-0.1, -0.05) is 6.07 Å². The average Bonchev–Trinajstić information content (AvgIpc) is 2.78. The van der Waals surface area contributed by atoms with Crippen molar-refractivity contribution < 1.29 is 9.21 Å². The first-order chi connectivity index (χ1) is 7.33. The van der Waals surface area contributed by atoms with E-state index in [0.29, 0.717) is 5.56 Å². The summed E-state index contributed by atoms with van der Waals surface area (Å²) in [5.41, 5.74) is 3.51. The fourth-order valence-corrected chi connectivity index (χ4v) is 1.30. The zero-order valence-electron chi connectivity index (χ0n) is 7.81. The maximum Gasteiger partial charge on any atom is 0.301 e. The van der Waals surface area contributed by atoms with Gasteiger partial charge < -0.3 is 4.42 Å². The molecule has 5 nitrogen and oxygen atoms in total. The van der Waals surface area contributed by atoms with Gasteiger partial charge in [-0.25, -0.2) is 5.84 Å². The number of nitrogens with two attached hydrogens (primary N) is 1. The minimum atomic E-state index is -0.459. The Kier molecular flexibility index (Phi) is 2.47. The number of furan rings is 1. The van der Waals surface area contributed by atoms with E-state index in [9.17, 15) is 4.79 Å². The molecule has 0 saturated carbocycles. The molecule has 2 heterocycles. The normalized spacial score (nSPS) is 9.93. The molecule has 0 unspecified atom stereocenters. The molecule has 2 aromatic rings. The Morgan fingerprint density at radius 2 is 2.33 bits per heavy atom. The van der Waals surface area contributed by atoms with E-state index in [0.717, 1.165) is 5.56 Å². The van der Waals surface area contributed by atoms with E-state index in [1.807, 2.05) is 11.5 Å². The zero-order chi connectivity index (χ0) is 10.7. The van der Waals surface area contributed by atoms with Crippen molar-refractivity contribution in [1.29, 1.82) is 0 Å². The summed E-state index contributed by atoms with van der Waals surface area (Å²) >= 11 is 0. The van der Waals surface area contributed by atoms with Crippen molar-refractivity contribution in [3.63, 3.8) is 0 Å². The van der Waals surface area contributed by atoms with E-state index in [-0.39, 0.29) is 5.76 Å². The Bertz CT molecular complexity index is 465. The Balaban J connectivity index is 2.46. The molecule has 2 aromatic heterocycles. The third-order valence-electron chi connectivity index (χ3n) is 1.98. The lowest BCUT2D eigenvalue weighted by Crippen LogP contribution is -2.29. The SMILES string of the molecule is NNC(=O)c1occc1-c1cccnc1. The van der Waals surface area contributed by atoms with Crippen LogP contribution in [0.5, 0.6) is 0 Å². The standard InChI is InChI=1S/C10H9N3O2/c11-13-10(14)9-8(3-5-15-9)7-2-1-4-12-6-7/h1-6H,11H2,(H,13,14). The number of nitrogens with one attached hydrogen (secondary N) is 1. The van der Waals surface area contributed by atoms with Gasteiger partial charge in [0.1, 0.15) is 0 Å². The molecule has 0 bridgehead atoms. The second-order valence-corrected chi connectivity index (χ2v) is 2.88. The molecule has 0 aliphatic rings. The van der Waals surface area contributed by atoms with Crippen molar-refractivity contribution in [2.24, 2.45) is 5.84 Å². The molecule has 0 spiro atoms. The number of aromatic nitrogens is 1. The van der Waals surface area contributed by atoms with Gasteiger partial charge in [-0.15, -0.1) is 0 Å². The Morgan fingerprint density at radius 1 is 1.47 bits per heavy atom. The van der Waals surface area contributed by atoms with Gasteiger partial charge >= 0.3 is 5.91 Å². The van der Waals surface area contributed by atoms with E-state index in [1.54, 1.807) is 24.5 Å². The van der Waals surface area contributed by atoms with Gasteiger partial charge in [0.15, 0.2) is 5.76 Å². The van der Waals surface area contributed by atoms with Crippen LogP contribution in [0.1, 0.15) is 10.6 Å². The summed E-state index contributed by atoms with van der Waals surface area (Å²) < 4.78 is 5.05. The van der Waals surface area contributed by atoms with Gasteiger partial charge in [-0.3, -0.25) is 15.2 Å². The number of pyridine rings is 1. The van der Waals surface area contributed by atoms with Crippen molar-refractivity contribution in [2.45, 2.75) is 0 Å². The molecule has 0 aliphatic carbocycles. The van der Waals surface area contributed by atoms with Crippen molar-refractivity contribution in [3.05, 3.63) is 42.6 Å². The lowest BCUT2D eigenvalue weighted by Gasteiger charge is -2.00. The highest BCUT2D eigenvalue weighted by Gasteiger charge is 2.15. The maximum absolute atomic E-state index is 11.3.